The third-order valence-electron chi connectivity index (χ3n) is 7.49. The van der Waals surface area contributed by atoms with Crippen molar-refractivity contribution in [3.05, 3.63) is 106 Å². The molecule has 1 saturated heterocycles. The summed E-state index contributed by atoms with van der Waals surface area (Å²) in [4.78, 5) is 32.1. The molecule has 0 unspecified atom stereocenters. The number of allylic oxidation sites excluding steroid dienone is 3. The number of hydrazine groups is 1. The maximum atomic E-state index is 14.6. The van der Waals surface area contributed by atoms with Crippen LogP contribution in [0.5, 0.6) is 11.5 Å². The maximum Gasteiger partial charge on any atom is 0.573 e. The number of nitrogens with one attached hydrogen (secondary N) is 1. The van der Waals surface area contributed by atoms with Gasteiger partial charge in [0, 0.05) is 22.7 Å². The summed E-state index contributed by atoms with van der Waals surface area (Å²) in [5.41, 5.74) is -0.363. The molecule has 1 fully saturated rings. The van der Waals surface area contributed by atoms with Crippen LogP contribution in [0.4, 0.5) is 32.2 Å². The van der Waals surface area contributed by atoms with Crippen LogP contribution in [-0.2, 0) is 21.2 Å². The number of imide groups is 1. The Balaban J connectivity index is 1.71. The van der Waals surface area contributed by atoms with E-state index in [0.29, 0.717) is 22.8 Å². The molecule has 0 spiro atoms. The number of ether oxygens (including phenoxy) is 1. The van der Waals surface area contributed by atoms with Gasteiger partial charge in [0.1, 0.15) is 11.5 Å². The third-order valence-corrected chi connectivity index (χ3v) is 8.03. The highest BCUT2D eigenvalue weighted by Gasteiger charge is 2.66. The predicted octanol–water partition coefficient (Wildman–Crippen LogP) is 7.56. The molecule has 2 heterocycles. The van der Waals surface area contributed by atoms with Gasteiger partial charge in [-0.3, -0.25) is 15.0 Å². The SMILES string of the molecule is C=CC1=CC[C@H]2C(=O)N(Nc3ncc(C(F)(F)F)cc3Cl)C(=O)[C@@]2(c2ccc(Cl)cc2)[C@H]1c1cc(OC(F)(F)F)ccc1O. The number of alkyl halides is 6. The van der Waals surface area contributed by atoms with Gasteiger partial charge in [0.05, 0.1) is 21.9 Å². The molecular formula is C29H19Cl2F6N3O4. The van der Waals surface area contributed by atoms with Crippen LogP contribution in [0.3, 0.4) is 0 Å². The lowest BCUT2D eigenvalue weighted by atomic mass is 9.56. The summed E-state index contributed by atoms with van der Waals surface area (Å²) in [7, 11) is 0. The van der Waals surface area contributed by atoms with Gasteiger partial charge in [-0.25, -0.2) is 4.98 Å². The molecule has 1 aliphatic heterocycles. The Bertz CT molecular complexity index is 1690. The van der Waals surface area contributed by atoms with E-state index >= 15 is 0 Å². The molecule has 5 rings (SSSR count). The van der Waals surface area contributed by atoms with Crippen molar-refractivity contribution in [2.75, 3.05) is 5.43 Å². The zero-order chi connectivity index (χ0) is 32.2. The summed E-state index contributed by atoms with van der Waals surface area (Å²) in [6.07, 6.45) is -6.54. The van der Waals surface area contributed by atoms with E-state index in [0.717, 1.165) is 18.2 Å². The molecule has 7 nitrogen and oxygen atoms in total. The smallest absolute Gasteiger partial charge is 0.508 e. The number of carbonyl (C=O) groups excluding carboxylic acids is 2. The van der Waals surface area contributed by atoms with Gasteiger partial charge in [-0.1, -0.05) is 54.1 Å². The molecule has 2 aromatic carbocycles. The summed E-state index contributed by atoms with van der Waals surface area (Å²) in [6.45, 7) is 3.77. The van der Waals surface area contributed by atoms with Crippen molar-refractivity contribution in [1.82, 2.24) is 9.99 Å². The first-order valence-corrected chi connectivity index (χ1v) is 13.4. The van der Waals surface area contributed by atoms with Crippen molar-refractivity contribution < 1.29 is 45.8 Å². The van der Waals surface area contributed by atoms with E-state index in [1.807, 2.05) is 0 Å². The van der Waals surface area contributed by atoms with Crippen LogP contribution in [0.15, 0.2) is 79.0 Å². The number of fused-ring (bicyclic) bond motifs is 1. The van der Waals surface area contributed by atoms with Crippen molar-refractivity contribution in [2.45, 2.75) is 30.3 Å². The van der Waals surface area contributed by atoms with Gasteiger partial charge in [-0.2, -0.15) is 18.2 Å². The highest BCUT2D eigenvalue weighted by Crippen LogP contribution is 2.59. The fourth-order valence-corrected chi connectivity index (χ4v) is 6.06. The molecule has 44 heavy (non-hydrogen) atoms. The maximum absolute atomic E-state index is 14.6. The fourth-order valence-electron chi connectivity index (χ4n) is 5.72. The molecule has 1 aliphatic carbocycles. The molecule has 0 radical (unpaired) electrons. The van der Waals surface area contributed by atoms with Crippen LogP contribution in [0.25, 0.3) is 0 Å². The van der Waals surface area contributed by atoms with Crippen molar-refractivity contribution in [3.63, 3.8) is 0 Å². The molecule has 3 aromatic rings. The van der Waals surface area contributed by atoms with Crippen LogP contribution in [0.1, 0.15) is 29.0 Å². The van der Waals surface area contributed by atoms with Gasteiger partial charge < -0.3 is 9.84 Å². The van der Waals surface area contributed by atoms with Crippen molar-refractivity contribution in [2.24, 2.45) is 5.92 Å². The second-order valence-corrected chi connectivity index (χ2v) is 10.8. The van der Waals surface area contributed by atoms with Crippen molar-refractivity contribution >= 4 is 40.8 Å². The number of phenols is 1. The minimum absolute atomic E-state index is 0.0586. The van der Waals surface area contributed by atoms with E-state index in [2.05, 4.69) is 21.7 Å². The molecule has 2 aliphatic rings. The number of phenolic OH excluding ortho intramolecular Hbond substituents is 1. The van der Waals surface area contributed by atoms with Gasteiger partial charge in [0.2, 0.25) is 0 Å². The number of aromatic hydroxyl groups is 1. The number of halogens is 8. The summed E-state index contributed by atoms with van der Waals surface area (Å²) in [5.74, 6) is -5.97. The number of pyridine rings is 1. The number of benzene rings is 2. The highest BCUT2D eigenvalue weighted by molar-refractivity contribution is 6.33. The van der Waals surface area contributed by atoms with E-state index < -0.39 is 69.5 Å². The highest BCUT2D eigenvalue weighted by atomic mass is 35.5. The number of nitrogens with zero attached hydrogens (tertiary/aromatic N) is 2. The Kier molecular flexibility index (Phi) is 7.83. The lowest BCUT2D eigenvalue weighted by molar-refractivity contribution is -0.274. The molecule has 3 atom stereocenters. The third kappa shape index (κ3) is 5.34. The number of hydrogen-bond donors (Lipinski definition) is 2. The summed E-state index contributed by atoms with van der Waals surface area (Å²) in [6, 6.07) is 9.11. The minimum atomic E-state index is -5.08. The van der Waals surface area contributed by atoms with Crippen LogP contribution in [0, 0.1) is 5.92 Å². The second-order valence-electron chi connectivity index (χ2n) is 9.92. The summed E-state index contributed by atoms with van der Waals surface area (Å²) < 4.78 is 83.0. The first-order valence-electron chi connectivity index (χ1n) is 12.6. The Morgan fingerprint density at radius 3 is 2.34 bits per heavy atom. The number of amides is 2. The van der Waals surface area contributed by atoms with E-state index in [9.17, 15) is 41.0 Å². The van der Waals surface area contributed by atoms with Crippen molar-refractivity contribution in [3.8, 4) is 11.5 Å². The van der Waals surface area contributed by atoms with Gasteiger partial charge in [-0.15, -0.1) is 13.2 Å². The lowest BCUT2D eigenvalue weighted by Gasteiger charge is -2.43. The standard InChI is InChI=1S/C29H19Cl2F6N3O4/c1-2-14-3-9-20-25(42)40(39-24-21(31)11-16(13-38-24)28(32,33)34)26(43)27(20,15-4-6-17(30)7-5-15)23(14)19-12-18(8-10-22(19)41)44-29(35,36)37/h2-8,10-13,20,23,41H,1,9H2,(H,38,39)/t20-,23+,27+/m0/s1. The zero-order valence-corrected chi connectivity index (χ0v) is 23.5. The van der Waals surface area contributed by atoms with E-state index in [-0.39, 0.29) is 22.6 Å². The minimum Gasteiger partial charge on any atom is -0.508 e. The van der Waals surface area contributed by atoms with Gasteiger partial charge in [-0.05, 0) is 54.0 Å². The molecule has 0 saturated carbocycles. The fraction of sp³-hybridized carbons (Fsp3) is 0.207. The number of hydrogen-bond acceptors (Lipinski definition) is 6. The summed E-state index contributed by atoms with van der Waals surface area (Å²) in [5, 5.41) is 11.2. The second kappa shape index (κ2) is 11.0. The first kappa shape index (κ1) is 31.2. The molecule has 15 heteroatoms. The number of carbonyl (C=O) groups is 2. The van der Waals surface area contributed by atoms with E-state index in [1.54, 1.807) is 6.08 Å². The Labute approximate surface area is 255 Å². The molecule has 2 N–H and O–H groups in total. The van der Waals surface area contributed by atoms with Crippen molar-refractivity contribution in [1.29, 1.82) is 0 Å². The van der Waals surface area contributed by atoms with Gasteiger partial charge in [0.15, 0.2) is 5.82 Å². The van der Waals surface area contributed by atoms with Crippen LogP contribution in [0.2, 0.25) is 10.0 Å². The van der Waals surface area contributed by atoms with E-state index in [4.69, 9.17) is 23.2 Å². The largest absolute Gasteiger partial charge is 0.573 e. The Morgan fingerprint density at radius 1 is 1.07 bits per heavy atom. The average molecular weight is 658 g/mol. The molecule has 230 valence electrons. The van der Waals surface area contributed by atoms with E-state index in [1.165, 1.54) is 30.3 Å². The van der Waals surface area contributed by atoms with Gasteiger partial charge in [0.25, 0.3) is 11.8 Å². The molecule has 1 aromatic heterocycles. The Hall–Kier alpha value is -4.23. The topological polar surface area (TPSA) is 91.8 Å². The lowest BCUT2D eigenvalue weighted by Crippen LogP contribution is -2.48. The number of rotatable bonds is 6. The van der Waals surface area contributed by atoms with Gasteiger partial charge >= 0.3 is 12.5 Å². The average Bonchev–Trinajstić information content (AvgIpc) is 3.16. The molecule has 0 bridgehead atoms. The normalized spacial score (nSPS) is 22.0. The summed E-state index contributed by atoms with van der Waals surface area (Å²) >= 11 is 12.1. The number of anilines is 1. The van der Waals surface area contributed by atoms with Crippen LogP contribution < -0.4 is 10.2 Å². The number of aromatic nitrogens is 1. The quantitative estimate of drug-likeness (QED) is 0.210. The van der Waals surface area contributed by atoms with Crippen LogP contribution in [-0.4, -0.2) is 33.3 Å². The molecular weight excluding hydrogens is 639 g/mol. The van der Waals surface area contributed by atoms with Crippen LogP contribution >= 0.6 is 23.2 Å². The first-order chi connectivity index (χ1) is 20.6. The molecule has 2 amide bonds. The predicted molar refractivity (Wildman–Crippen MR) is 147 cm³/mol. The monoisotopic (exact) mass is 657 g/mol. The Morgan fingerprint density at radius 2 is 1.75 bits per heavy atom. The zero-order valence-electron chi connectivity index (χ0n) is 22.0.